The molecule has 0 bridgehead atoms. The molecule has 0 saturated heterocycles. The molecule has 1 aromatic heterocycles. The van der Waals surface area contributed by atoms with E-state index in [4.69, 9.17) is 4.42 Å². The van der Waals surface area contributed by atoms with Crippen molar-refractivity contribution in [2.24, 2.45) is 0 Å². The molecule has 29 heavy (non-hydrogen) atoms. The van der Waals surface area contributed by atoms with Gasteiger partial charge in [0.25, 0.3) is 0 Å². The van der Waals surface area contributed by atoms with Crippen LogP contribution in [0.25, 0.3) is 0 Å². The normalized spacial score (nSPS) is 11.4. The number of carbonyl (C=O) groups is 2. The SMILES string of the molecule is CC(C)N(CC(=O)N(CCc1ccccc1)Cc1ccco1)C(=O)NC(C)(C)C. The number of urea groups is 1. The van der Waals surface area contributed by atoms with Gasteiger partial charge in [-0.15, -0.1) is 0 Å². The lowest BCUT2D eigenvalue weighted by Crippen LogP contribution is -2.53. The topological polar surface area (TPSA) is 65.8 Å². The monoisotopic (exact) mass is 399 g/mol. The van der Waals surface area contributed by atoms with Gasteiger partial charge in [0, 0.05) is 18.1 Å². The van der Waals surface area contributed by atoms with Crippen LogP contribution in [-0.4, -0.2) is 46.4 Å². The Balaban J connectivity index is 2.10. The fourth-order valence-corrected chi connectivity index (χ4v) is 2.92. The minimum absolute atomic E-state index is 0.0229. The molecular weight excluding hydrogens is 366 g/mol. The molecule has 0 atom stereocenters. The zero-order chi connectivity index (χ0) is 21.4. The van der Waals surface area contributed by atoms with Gasteiger partial charge in [-0.25, -0.2) is 4.79 Å². The number of benzene rings is 1. The Morgan fingerprint density at radius 1 is 1.07 bits per heavy atom. The Bertz CT molecular complexity index is 764. The van der Waals surface area contributed by atoms with Crippen LogP contribution in [0, 0.1) is 0 Å². The van der Waals surface area contributed by atoms with Crippen molar-refractivity contribution < 1.29 is 14.0 Å². The van der Waals surface area contributed by atoms with E-state index >= 15 is 0 Å². The molecular formula is C23H33N3O3. The van der Waals surface area contributed by atoms with Gasteiger partial charge < -0.3 is 19.5 Å². The van der Waals surface area contributed by atoms with Gasteiger partial charge in [0.2, 0.25) is 5.91 Å². The molecule has 0 radical (unpaired) electrons. The Labute approximate surface area is 173 Å². The molecule has 0 aliphatic carbocycles. The highest BCUT2D eigenvalue weighted by Crippen LogP contribution is 2.11. The molecule has 158 valence electrons. The number of nitrogens with one attached hydrogen (secondary N) is 1. The lowest BCUT2D eigenvalue weighted by Gasteiger charge is -2.32. The summed E-state index contributed by atoms with van der Waals surface area (Å²) in [5.41, 5.74) is 0.796. The zero-order valence-electron chi connectivity index (χ0n) is 18.1. The van der Waals surface area contributed by atoms with Crippen LogP contribution in [0.3, 0.4) is 0 Å². The van der Waals surface area contributed by atoms with Crippen molar-refractivity contribution in [2.75, 3.05) is 13.1 Å². The first kappa shape index (κ1) is 22.5. The van der Waals surface area contributed by atoms with E-state index in [0.29, 0.717) is 13.1 Å². The van der Waals surface area contributed by atoms with Crippen LogP contribution in [0.2, 0.25) is 0 Å². The van der Waals surface area contributed by atoms with Gasteiger partial charge >= 0.3 is 6.03 Å². The summed E-state index contributed by atoms with van der Waals surface area (Å²) < 4.78 is 5.45. The van der Waals surface area contributed by atoms with E-state index in [0.717, 1.165) is 17.7 Å². The molecule has 0 fully saturated rings. The fraction of sp³-hybridized carbons (Fsp3) is 0.478. The predicted molar refractivity (Wildman–Crippen MR) is 114 cm³/mol. The summed E-state index contributed by atoms with van der Waals surface area (Å²) in [6, 6.07) is 13.4. The maximum absolute atomic E-state index is 13.1. The molecule has 6 heteroatoms. The number of nitrogens with zero attached hydrogens (tertiary/aromatic N) is 2. The highest BCUT2D eigenvalue weighted by molar-refractivity contribution is 5.84. The summed E-state index contributed by atoms with van der Waals surface area (Å²) in [5, 5.41) is 2.95. The highest BCUT2D eigenvalue weighted by atomic mass is 16.3. The summed E-state index contributed by atoms with van der Waals surface area (Å²) in [7, 11) is 0. The summed E-state index contributed by atoms with van der Waals surface area (Å²) in [6.07, 6.45) is 2.34. The first-order valence-electron chi connectivity index (χ1n) is 10.1. The number of carbonyl (C=O) groups excluding carboxylic acids is 2. The molecule has 3 amide bonds. The number of hydrogen-bond donors (Lipinski definition) is 1. The Hall–Kier alpha value is -2.76. The van der Waals surface area contributed by atoms with Gasteiger partial charge in [-0.05, 0) is 58.7 Å². The second kappa shape index (κ2) is 10.1. The minimum Gasteiger partial charge on any atom is -0.467 e. The van der Waals surface area contributed by atoms with Crippen molar-refractivity contribution in [3.05, 3.63) is 60.1 Å². The number of amides is 3. The predicted octanol–water partition coefficient (Wildman–Crippen LogP) is 4.07. The number of rotatable bonds is 8. The quantitative estimate of drug-likeness (QED) is 0.728. The standard InChI is InChI=1S/C23H33N3O3/c1-18(2)26(22(28)24-23(3,4)5)17-21(27)25(16-20-12-9-15-29-20)14-13-19-10-7-6-8-11-19/h6-12,15,18H,13-14,16-17H2,1-5H3,(H,24,28). The third-order valence-corrected chi connectivity index (χ3v) is 4.46. The average Bonchev–Trinajstić information content (AvgIpc) is 3.15. The van der Waals surface area contributed by atoms with Crippen LogP contribution in [0.5, 0.6) is 0 Å². The fourth-order valence-electron chi connectivity index (χ4n) is 2.92. The van der Waals surface area contributed by atoms with Crippen molar-refractivity contribution >= 4 is 11.9 Å². The van der Waals surface area contributed by atoms with Crippen molar-refractivity contribution in [2.45, 2.75) is 59.2 Å². The van der Waals surface area contributed by atoms with Gasteiger partial charge in [0.05, 0.1) is 12.8 Å². The smallest absolute Gasteiger partial charge is 0.318 e. The van der Waals surface area contributed by atoms with Crippen LogP contribution in [0.1, 0.15) is 45.9 Å². The van der Waals surface area contributed by atoms with Gasteiger partial charge in [0.15, 0.2) is 0 Å². The van der Waals surface area contributed by atoms with Crippen LogP contribution >= 0.6 is 0 Å². The molecule has 2 rings (SSSR count). The average molecular weight is 400 g/mol. The second-order valence-electron chi connectivity index (χ2n) is 8.53. The Morgan fingerprint density at radius 2 is 1.76 bits per heavy atom. The van der Waals surface area contributed by atoms with Crippen LogP contribution < -0.4 is 5.32 Å². The summed E-state index contributed by atoms with van der Waals surface area (Å²) in [5.74, 6) is 0.622. The molecule has 0 spiro atoms. The van der Waals surface area contributed by atoms with Gasteiger partial charge in [-0.1, -0.05) is 30.3 Å². The van der Waals surface area contributed by atoms with E-state index in [1.165, 1.54) is 0 Å². The number of hydrogen-bond acceptors (Lipinski definition) is 3. The lowest BCUT2D eigenvalue weighted by atomic mass is 10.1. The molecule has 6 nitrogen and oxygen atoms in total. The van der Waals surface area contributed by atoms with Gasteiger partial charge in [-0.3, -0.25) is 4.79 Å². The van der Waals surface area contributed by atoms with Crippen molar-refractivity contribution in [1.29, 1.82) is 0 Å². The molecule has 0 aliphatic rings. The third kappa shape index (κ3) is 7.64. The summed E-state index contributed by atoms with van der Waals surface area (Å²) >= 11 is 0. The summed E-state index contributed by atoms with van der Waals surface area (Å²) in [6.45, 7) is 10.6. The molecule has 1 heterocycles. The maximum Gasteiger partial charge on any atom is 0.318 e. The van der Waals surface area contributed by atoms with E-state index in [2.05, 4.69) is 5.32 Å². The molecule has 2 aromatic rings. The second-order valence-corrected chi connectivity index (χ2v) is 8.53. The first-order valence-corrected chi connectivity index (χ1v) is 10.1. The largest absolute Gasteiger partial charge is 0.467 e. The molecule has 0 saturated carbocycles. The first-order chi connectivity index (χ1) is 13.7. The van der Waals surface area contributed by atoms with Crippen molar-refractivity contribution in [3.8, 4) is 0 Å². The Morgan fingerprint density at radius 3 is 2.31 bits per heavy atom. The van der Waals surface area contributed by atoms with E-state index in [9.17, 15) is 9.59 Å². The van der Waals surface area contributed by atoms with E-state index in [-0.39, 0.29) is 30.1 Å². The number of furan rings is 1. The van der Waals surface area contributed by atoms with Crippen molar-refractivity contribution in [1.82, 2.24) is 15.1 Å². The Kier molecular flexibility index (Phi) is 7.88. The van der Waals surface area contributed by atoms with E-state index in [1.807, 2.05) is 77.1 Å². The molecule has 1 N–H and O–H groups in total. The third-order valence-electron chi connectivity index (χ3n) is 4.46. The maximum atomic E-state index is 13.1. The molecule has 0 aliphatic heterocycles. The van der Waals surface area contributed by atoms with Crippen LogP contribution in [0.15, 0.2) is 53.1 Å². The van der Waals surface area contributed by atoms with Crippen LogP contribution in [0.4, 0.5) is 4.79 Å². The highest BCUT2D eigenvalue weighted by Gasteiger charge is 2.26. The van der Waals surface area contributed by atoms with Gasteiger partial charge in [0.1, 0.15) is 12.3 Å². The minimum atomic E-state index is -0.367. The summed E-state index contributed by atoms with van der Waals surface area (Å²) in [4.78, 5) is 29.1. The zero-order valence-corrected chi connectivity index (χ0v) is 18.1. The van der Waals surface area contributed by atoms with Gasteiger partial charge in [-0.2, -0.15) is 0 Å². The molecule has 1 aromatic carbocycles. The van der Waals surface area contributed by atoms with Crippen molar-refractivity contribution in [3.63, 3.8) is 0 Å². The van der Waals surface area contributed by atoms with Crippen LogP contribution in [-0.2, 0) is 17.8 Å². The lowest BCUT2D eigenvalue weighted by molar-refractivity contribution is -0.133. The molecule has 0 unspecified atom stereocenters. The van der Waals surface area contributed by atoms with E-state index in [1.54, 1.807) is 16.1 Å². The van der Waals surface area contributed by atoms with E-state index < -0.39 is 0 Å².